The van der Waals surface area contributed by atoms with Gasteiger partial charge in [0.15, 0.2) is 0 Å². The molecule has 0 aromatic heterocycles. The van der Waals surface area contributed by atoms with Gasteiger partial charge >= 0.3 is 0 Å². The molecular weight excluding hydrogens is 246 g/mol. The normalized spacial score (nSPS) is 28.4. The van der Waals surface area contributed by atoms with Crippen molar-refractivity contribution in [3.8, 4) is 0 Å². The molecule has 2 heterocycles. The second-order valence-corrected chi connectivity index (χ2v) is 7.14. The molecule has 2 aliphatic heterocycles. The van der Waals surface area contributed by atoms with E-state index in [-0.39, 0.29) is 0 Å². The van der Waals surface area contributed by atoms with Crippen LogP contribution in [0.5, 0.6) is 0 Å². The summed E-state index contributed by atoms with van der Waals surface area (Å²) in [5.74, 6) is 0.976. The average molecular weight is 281 g/mol. The molecule has 0 N–H and O–H groups in total. The molecule has 0 aromatic carbocycles. The van der Waals surface area contributed by atoms with E-state index in [1.165, 1.54) is 65.1 Å². The summed E-state index contributed by atoms with van der Waals surface area (Å²) >= 11 is 0. The Labute approximate surface area is 126 Å². The van der Waals surface area contributed by atoms with Gasteiger partial charge < -0.3 is 9.80 Å². The zero-order valence-electron chi connectivity index (χ0n) is 14.1. The molecule has 20 heavy (non-hydrogen) atoms. The van der Waals surface area contributed by atoms with Crippen LogP contribution in [0.15, 0.2) is 0 Å². The maximum absolute atomic E-state index is 2.70. The Bertz CT molecular complexity index is 271. The van der Waals surface area contributed by atoms with E-state index in [0.29, 0.717) is 0 Å². The first kappa shape index (κ1) is 16.3. The van der Waals surface area contributed by atoms with Crippen LogP contribution in [0.2, 0.25) is 0 Å². The number of hydrogen-bond donors (Lipinski definition) is 0. The van der Waals surface area contributed by atoms with Gasteiger partial charge in [0.25, 0.3) is 0 Å². The van der Waals surface area contributed by atoms with E-state index in [9.17, 15) is 0 Å². The minimum atomic E-state index is 0.735. The van der Waals surface area contributed by atoms with Crippen LogP contribution in [0, 0.1) is 5.92 Å². The fourth-order valence-corrected chi connectivity index (χ4v) is 3.87. The van der Waals surface area contributed by atoms with E-state index in [1.54, 1.807) is 0 Å². The molecule has 0 bridgehead atoms. The maximum atomic E-state index is 2.70. The highest BCUT2D eigenvalue weighted by molar-refractivity contribution is 4.80. The van der Waals surface area contributed by atoms with E-state index >= 15 is 0 Å². The van der Waals surface area contributed by atoms with Gasteiger partial charge in [-0.15, -0.1) is 0 Å². The third-order valence-corrected chi connectivity index (χ3v) is 5.49. The molecule has 2 rings (SSSR count). The summed E-state index contributed by atoms with van der Waals surface area (Å²) in [5.41, 5.74) is 0. The first-order chi connectivity index (χ1) is 9.60. The minimum absolute atomic E-state index is 0.735. The smallest absolute Gasteiger partial charge is 0.0195 e. The van der Waals surface area contributed by atoms with E-state index in [4.69, 9.17) is 0 Å². The van der Waals surface area contributed by atoms with Gasteiger partial charge in [-0.05, 0) is 72.1 Å². The summed E-state index contributed by atoms with van der Waals surface area (Å²) < 4.78 is 0. The predicted octanol–water partition coefficient (Wildman–Crippen LogP) is 2.52. The Hall–Kier alpha value is -0.120. The number of likely N-dealkylation sites (N-methyl/N-ethyl adjacent to an activating group) is 1. The highest BCUT2D eigenvalue weighted by Gasteiger charge is 2.24. The summed E-state index contributed by atoms with van der Waals surface area (Å²) in [4.78, 5) is 7.95. The van der Waals surface area contributed by atoms with E-state index in [2.05, 4.69) is 42.4 Å². The Balaban J connectivity index is 1.64. The van der Waals surface area contributed by atoms with Crippen molar-refractivity contribution >= 4 is 0 Å². The van der Waals surface area contributed by atoms with Gasteiger partial charge in [-0.1, -0.05) is 6.92 Å². The molecule has 1 unspecified atom stereocenters. The van der Waals surface area contributed by atoms with Gasteiger partial charge in [0.2, 0.25) is 0 Å². The number of rotatable bonds is 5. The van der Waals surface area contributed by atoms with Crippen molar-refractivity contribution in [2.45, 2.75) is 59.0 Å². The van der Waals surface area contributed by atoms with Gasteiger partial charge in [0.05, 0.1) is 0 Å². The summed E-state index contributed by atoms with van der Waals surface area (Å²) in [5, 5.41) is 0. The lowest BCUT2D eigenvalue weighted by Crippen LogP contribution is -2.52. The van der Waals surface area contributed by atoms with Gasteiger partial charge in [-0.25, -0.2) is 0 Å². The molecule has 1 atom stereocenters. The van der Waals surface area contributed by atoms with Gasteiger partial charge in [0, 0.05) is 31.7 Å². The van der Waals surface area contributed by atoms with Crippen molar-refractivity contribution in [3.63, 3.8) is 0 Å². The van der Waals surface area contributed by atoms with Crippen LogP contribution >= 0.6 is 0 Å². The van der Waals surface area contributed by atoms with Crippen LogP contribution in [0.1, 0.15) is 47.0 Å². The Morgan fingerprint density at radius 3 is 2.30 bits per heavy atom. The molecule has 0 spiro atoms. The van der Waals surface area contributed by atoms with Gasteiger partial charge in [-0.2, -0.15) is 0 Å². The van der Waals surface area contributed by atoms with E-state index in [1.807, 2.05) is 0 Å². The number of hydrogen-bond acceptors (Lipinski definition) is 3. The van der Waals surface area contributed by atoms with Crippen molar-refractivity contribution in [3.05, 3.63) is 0 Å². The zero-order valence-corrected chi connectivity index (χ0v) is 14.1. The predicted molar refractivity (Wildman–Crippen MR) is 87.2 cm³/mol. The average Bonchev–Trinajstić information content (AvgIpc) is 2.45. The first-order valence-electron chi connectivity index (χ1n) is 8.80. The number of piperidine rings is 1. The molecule has 2 aliphatic rings. The molecule has 3 heteroatoms. The van der Waals surface area contributed by atoms with Gasteiger partial charge in [0.1, 0.15) is 0 Å². The Morgan fingerprint density at radius 2 is 1.75 bits per heavy atom. The molecule has 118 valence electrons. The minimum Gasteiger partial charge on any atom is -0.301 e. The number of nitrogens with zero attached hydrogens (tertiary/aromatic N) is 3. The van der Waals surface area contributed by atoms with Crippen LogP contribution < -0.4 is 0 Å². The SMILES string of the molecule is CCN1CCN(CCC2CCN(C(C)C)CC2)CC1C. The molecule has 2 saturated heterocycles. The Morgan fingerprint density at radius 1 is 1.05 bits per heavy atom. The third kappa shape index (κ3) is 4.44. The van der Waals surface area contributed by atoms with Gasteiger partial charge in [-0.3, -0.25) is 4.90 Å². The molecule has 3 nitrogen and oxygen atoms in total. The Kier molecular flexibility index (Phi) is 6.31. The molecule has 0 radical (unpaired) electrons. The maximum Gasteiger partial charge on any atom is 0.0195 e. The monoisotopic (exact) mass is 281 g/mol. The summed E-state index contributed by atoms with van der Waals surface area (Å²) in [6, 6.07) is 1.48. The third-order valence-electron chi connectivity index (χ3n) is 5.49. The van der Waals surface area contributed by atoms with Crippen LogP contribution in [0.4, 0.5) is 0 Å². The van der Waals surface area contributed by atoms with E-state index < -0.39 is 0 Å². The van der Waals surface area contributed by atoms with Crippen molar-refractivity contribution in [2.24, 2.45) is 5.92 Å². The first-order valence-corrected chi connectivity index (χ1v) is 8.80. The van der Waals surface area contributed by atoms with Crippen LogP contribution in [-0.4, -0.2) is 72.6 Å². The molecule has 0 saturated carbocycles. The lowest BCUT2D eigenvalue weighted by molar-refractivity contribution is 0.0775. The molecule has 0 amide bonds. The topological polar surface area (TPSA) is 9.72 Å². The van der Waals surface area contributed by atoms with E-state index in [0.717, 1.165) is 18.0 Å². The molecule has 2 fully saturated rings. The second kappa shape index (κ2) is 7.77. The summed E-state index contributed by atoms with van der Waals surface area (Å²) in [7, 11) is 0. The summed E-state index contributed by atoms with van der Waals surface area (Å²) in [6.07, 6.45) is 4.26. The molecule has 0 aromatic rings. The molecular formula is C17H35N3. The van der Waals surface area contributed by atoms with Crippen molar-refractivity contribution < 1.29 is 0 Å². The number of likely N-dealkylation sites (tertiary alicyclic amines) is 1. The zero-order chi connectivity index (χ0) is 14.5. The van der Waals surface area contributed by atoms with Crippen LogP contribution in [0.3, 0.4) is 0 Å². The van der Waals surface area contributed by atoms with Crippen molar-refractivity contribution in [2.75, 3.05) is 45.8 Å². The highest BCUT2D eigenvalue weighted by atomic mass is 15.3. The largest absolute Gasteiger partial charge is 0.301 e. The summed E-state index contributed by atoms with van der Waals surface area (Å²) in [6.45, 7) is 18.3. The van der Waals surface area contributed by atoms with Crippen molar-refractivity contribution in [1.82, 2.24) is 14.7 Å². The fourth-order valence-electron chi connectivity index (χ4n) is 3.87. The highest BCUT2D eigenvalue weighted by Crippen LogP contribution is 2.22. The van der Waals surface area contributed by atoms with Crippen molar-refractivity contribution in [1.29, 1.82) is 0 Å². The number of piperazine rings is 1. The van der Waals surface area contributed by atoms with Crippen LogP contribution in [-0.2, 0) is 0 Å². The second-order valence-electron chi connectivity index (χ2n) is 7.14. The lowest BCUT2D eigenvalue weighted by atomic mass is 9.92. The standard InChI is InChI=1S/C17H35N3/c1-5-19-13-12-18(14-16(19)4)9-6-17-7-10-20(11-8-17)15(2)3/h15-17H,5-14H2,1-4H3. The quantitative estimate of drug-likeness (QED) is 0.767. The van der Waals surface area contributed by atoms with Crippen LogP contribution in [0.25, 0.3) is 0 Å². The fraction of sp³-hybridized carbons (Fsp3) is 1.00. The lowest BCUT2D eigenvalue weighted by Gasteiger charge is -2.40. The molecule has 0 aliphatic carbocycles.